The topological polar surface area (TPSA) is 17.1 Å². The lowest BCUT2D eigenvalue weighted by molar-refractivity contribution is 0.589. The van der Waals surface area contributed by atoms with E-state index in [0.29, 0.717) is 6.42 Å². The van der Waals surface area contributed by atoms with Crippen molar-refractivity contribution in [1.82, 2.24) is 0 Å². The van der Waals surface area contributed by atoms with E-state index in [1.165, 1.54) is 0 Å². The number of rotatable bonds is 2. The summed E-state index contributed by atoms with van der Waals surface area (Å²) < 4.78 is 10.5. The molecule has 8 heavy (non-hydrogen) atoms. The van der Waals surface area contributed by atoms with E-state index in [0.717, 1.165) is 0 Å². The minimum atomic E-state index is -3.05. The molecule has 0 N–H and O–H groups in total. The molecule has 0 fully saturated rings. The van der Waals surface area contributed by atoms with Gasteiger partial charge < -0.3 is 0 Å². The van der Waals surface area contributed by atoms with Crippen molar-refractivity contribution >= 4 is 39.9 Å². The molecule has 0 aromatic carbocycles. The number of alkyl halides is 1. The van der Waals surface area contributed by atoms with E-state index < -0.39 is 11.0 Å². The summed E-state index contributed by atoms with van der Waals surface area (Å²) in [5, 5.41) is -0.592. The first-order valence-corrected chi connectivity index (χ1v) is 6.13. The molecule has 1 nitrogen and oxygen atoms in total. The fourth-order valence-corrected chi connectivity index (χ4v) is 1.47. The molecule has 0 rings (SSSR count). The molecule has 0 aliphatic carbocycles. The molecule has 0 radical (unpaired) electrons. The standard InChI is InChI=1S/C3H6Cl3OP/c1-2-3(4)8(5,6)7/h3H,2H2,1H3. The second-order valence-corrected chi connectivity index (χ2v) is 7.34. The van der Waals surface area contributed by atoms with Crippen LogP contribution in [-0.4, -0.2) is 5.12 Å². The van der Waals surface area contributed by atoms with Gasteiger partial charge in [-0.15, -0.1) is 11.6 Å². The van der Waals surface area contributed by atoms with Crippen molar-refractivity contribution < 1.29 is 4.57 Å². The summed E-state index contributed by atoms with van der Waals surface area (Å²) in [6.07, 6.45) is 0.534. The van der Waals surface area contributed by atoms with Gasteiger partial charge in [-0.3, -0.25) is 4.57 Å². The molecule has 1 atom stereocenters. The molecule has 1 unspecified atom stereocenters. The third kappa shape index (κ3) is 3.19. The van der Waals surface area contributed by atoms with Gasteiger partial charge in [0.05, 0.1) is 0 Å². The van der Waals surface area contributed by atoms with Gasteiger partial charge in [0.25, 0.3) is 5.85 Å². The molecule has 50 valence electrons. The Bertz CT molecular complexity index is 109. The van der Waals surface area contributed by atoms with Crippen LogP contribution in [0.5, 0.6) is 0 Å². The quantitative estimate of drug-likeness (QED) is 0.486. The van der Waals surface area contributed by atoms with Crippen LogP contribution in [0.2, 0.25) is 0 Å². The Balaban J connectivity index is 3.82. The smallest absolute Gasteiger partial charge is 0.270 e. The maximum absolute atomic E-state index is 10.5. The molecule has 0 saturated heterocycles. The highest BCUT2D eigenvalue weighted by molar-refractivity contribution is 8.09. The minimum absolute atomic E-state index is 0.534. The predicted molar refractivity (Wildman–Crippen MR) is 39.2 cm³/mol. The van der Waals surface area contributed by atoms with Crippen LogP contribution in [0, 0.1) is 0 Å². The average molecular weight is 195 g/mol. The average Bonchev–Trinajstić information content (AvgIpc) is 1.62. The van der Waals surface area contributed by atoms with Crippen LogP contribution in [0.4, 0.5) is 0 Å². The third-order valence-electron chi connectivity index (χ3n) is 0.663. The maximum atomic E-state index is 10.5. The first-order valence-electron chi connectivity index (χ1n) is 2.11. The lowest BCUT2D eigenvalue weighted by atomic mass is 10.6. The van der Waals surface area contributed by atoms with Crippen LogP contribution in [0.25, 0.3) is 0 Å². The molecular weight excluding hydrogens is 189 g/mol. The molecule has 0 spiro atoms. The zero-order valence-electron chi connectivity index (χ0n) is 4.27. The molecule has 0 amide bonds. The summed E-state index contributed by atoms with van der Waals surface area (Å²) >= 11 is 15.8. The first kappa shape index (κ1) is 9.10. The van der Waals surface area contributed by atoms with Crippen molar-refractivity contribution in [3.8, 4) is 0 Å². The highest BCUT2D eigenvalue weighted by Gasteiger charge is 2.23. The van der Waals surface area contributed by atoms with Gasteiger partial charge in [-0.2, -0.15) is 0 Å². The summed E-state index contributed by atoms with van der Waals surface area (Å²) in [5.41, 5.74) is 0. The van der Waals surface area contributed by atoms with Crippen LogP contribution < -0.4 is 0 Å². The molecular formula is C3H6Cl3OP. The molecule has 0 aliphatic heterocycles. The second-order valence-electron chi connectivity index (χ2n) is 1.35. The number of hydrogen-bond donors (Lipinski definition) is 0. The number of hydrogen-bond acceptors (Lipinski definition) is 1. The van der Waals surface area contributed by atoms with Crippen LogP contribution in [0.1, 0.15) is 13.3 Å². The van der Waals surface area contributed by atoms with Crippen LogP contribution in [-0.2, 0) is 4.57 Å². The zero-order chi connectivity index (χ0) is 6.78. The Labute approximate surface area is 63.3 Å². The number of halogens is 3. The van der Waals surface area contributed by atoms with Crippen molar-refractivity contribution in [3.63, 3.8) is 0 Å². The normalized spacial score (nSPS) is 16.0. The molecule has 0 aromatic rings. The van der Waals surface area contributed by atoms with E-state index >= 15 is 0 Å². The Morgan fingerprint density at radius 2 is 2.00 bits per heavy atom. The maximum Gasteiger partial charge on any atom is 0.270 e. The van der Waals surface area contributed by atoms with E-state index in [1.54, 1.807) is 6.92 Å². The Morgan fingerprint density at radius 1 is 1.62 bits per heavy atom. The summed E-state index contributed by atoms with van der Waals surface area (Å²) in [5.74, 6) is -3.05. The first-order chi connectivity index (χ1) is 3.48. The molecule has 0 saturated carbocycles. The van der Waals surface area contributed by atoms with Crippen molar-refractivity contribution in [1.29, 1.82) is 0 Å². The zero-order valence-corrected chi connectivity index (χ0v) is 7.44. The van der Waals surface area contributed by atoms with Gasteiger partial charge in [0, 0.05) is 0 Å². The SMILES string of the molecule is CCC(Cl)P(=O)(Cl)Cl. The fraction of sp³-hybridized carbons (Fsp3) is 1.00. The van der Waals surface area contributed by atoms with E-state index in [1.807, 2.05) is 0 Å². The fourth-order valence-electron chi connectivity index (χ4n) is 0.213. The summed E-state index contributed by atoms with van der Waals surface area (Å²) in [7, 11) is 0. The minimum Gasteiger partial charge on any atom is -0.288 e. The van der Waals surface area contributed by atoms with Gasteiger partial charge in [0.1, 0.15) is 5.12 Å². The Morgan fingerprint density at radius 3 is 2.00 bits per heavy atom. The molecule has 5 heteroatoms. The monoisotopic (exact) mass is 194 g/mol. The third-order valence-corrected chi connectivity index (χ3v) is 4.83. The van der Waals surface area contributed by atoms with Crippen molar-refractivity contribution in [2.75, 3.05) is 0 Å². The summed E-state index contributed by atoms with van der Waals surface area (Å²) in [6, 6.07) is 0. The van der Waals surface area contributed by atoms with Crippen LogP contribution in [0.15, 0.2) is 0 Å². The van der Waals surface area contributed by atoms with Crippen molar-refractivity contribution in [3.05, 3.63) is 0 Å². The van der Waals surface area contributed by atoms with Crippen LogP contribution >= 0.6 is 39.9 Å². The van der Waals surface area contributed by atoms with Crippen molar-refractivity contribution in [2.45, 2.75) is 18.5 Å². The lowest BCUT2D eigenvalue weighted by Crippen LogP contribution is -1.86. The Kier molecular flexibility index (Phi) is 3.77. The van der Waals surface area contributed by atoms with Gasteiger partial charge in [-0.05, 0) is 28.9 Å². The van der Waals surface area contributed by atoms with E-state index in [9.17, 15) is 4.57 Å². The van der Waals surface area contributed by atoms with E-state index in [2.05, 4.69) is 0 Å². The molecule has 0 heterocycles. The second kappa shape index (κ2) is 3.31. The van der Waals surface area contributed by atoms with Crippen LogP contribution in [0.3, 0.4) is 0 Å². The van der Waals surface area contributed by atoms with Gasteiger partial charge in [0.15, 0.2) is 0 Å². The highest BCUT2D eigenvalue weighted by Crippen LogP contribution is 2.63. The Hall–Kier alpha value is 1.10. The van der Waals surface area contributed by atoms with Gasteiger partial charge >= 0.3 is 0 Å². The molecule has 0 aliphatic rings. The molecule has 0 aromatic heterocycles. The van der Waals surface area contributed by atoms with Gasteiger partial charge in [-0.25, -0.2) is 0 Å². The lowest BCUT2D eigenvalue weighted by Gasteiger charge is -2.04. The summed E-state index contributed by atoms with van der Waals surface area (Å²) in [6.45, 7) is 1.77. The summed E-state index contributed by atoms with van der Waals surface area (Å²) in [4.78, 5) is 0. The largest absolute Gasteiger partial charge is 0.288 e. The highest BCUT2D eigenvalue weighted by atomic mass is 35.9. The van der Waals surface area contributed by atoms with Gasteiger partial charge in [-0.1, -0.05) is 6.92 Å². The molecule has 0 bridgehead atoms. The predicted octanol–water partition coefficient (Wildman–Crippen LogP) is 3.63. The van der Waals surface area contributed by atoms with Crippen molar-refractivity contribution in [2.24, 2.45) is 0 Å². The van der Waals surface area contributed by atoms with E-state index in [-0.39, 0.29) is 0 Å². The van der Waals surface area contributed by atoms with Gasteiger partial charge in [0.2, 0.25) is 0 Å². The van der Waals surface area contributed by atoms with E-state index in [4.69, 9.17) is 34.1 Å².